The van der Waals surface area contributed by atoms with Gasteiger partial charge in [-0.05, 0) is 186 Å². The average Bonchev–Trinajstić information content (AvgIpc) is 1.67. The number of furan rings is 3. The van der Waals surface area contributed by atoms with Crippen molar-refractivity contribution < 1.29 is 13.3 Å². The van der Waals surface area contributed by atoms with E-state index in [9.17, 15) is 0 Å². The maximum Gasteiger partial charge on any atom is 0.138 e. The van der Waals surface area contributed by atoms with Gasteiger partial charge in [0, 0.05) is 90.2 Å². The average molecular weight is 1260 g/mol. The van der Waals surface area contributed by atoms with Crippen molar-refractivity contribution in [3.8, 4) is 0 Å². The zero-order chi connectivity index (χ0) is 67.0. The minimum absolute atomic E-state index is 0.966. The first-order valence-electron chi connectivity index (χ1n) is 32.6. The first-order chi connectivity index (χ1) is 47.4. The lowest BCUT2D eigenvalue weighted by atomic mass is 10.1. The minimum Gasteiger partial charge on any atom is -0.456 e. The summed E-state index contributed by atoms with van der Waals surface area (Å²) < 4.78 is 17.2. The highest BCUT2D eigenvalue weighted by Crippen LogP contribution is 2.32. The molecule has 0 saturated carbocycles. The van der Waals surface area contributed by atoms with Crippen LogP contribution in [0.15, 0.2) is 323 Å². The Morgan fingerprint density at radius 3 is 1.28 bits per heavy atom. The van der Waals surface area contributed by atoms with E-state index in [4.69, 9.17) is 13.3 Å². The van der Waals surface area contributed by atoms with Gasteiger partial charge < -0.3 is 13.3 Å². The molecule has 19 rings (SSSR count). The fourth-order valence-corrected chi connectivity index (χ4v) is 11.6. The van der Waals surface area contributed by atoms with E-state index in [-0.39, 0.29) is 0 Å². The van der Waals surface area contributed by atoms with E-state index in [1.807, 2.05) is 140 Å². The van der Waals surface area contributed by atoms with Crippen LogP contribution in [-0.4, -0.2) is 24.9 Å². The van der Waals surface area contributed by atoms with Crippen LogP contribution in [0.5, 0.6) is 0 Å². The summed E-state index contributed by atoms with van der Waals surface area (Å²) in [6.45, 7) is 16.7. The third kappa shape index (κ3) is 16.1. The molecular formula is C89H75N5O3. The van der Waals surface area contributed by atoms with Crippen LogP contribution < -0.4 is 0 Å². The molecule has 0 spiro atoms. The molecule has 0 aliphatic rings. The van der Waals surface area contributed by atoms with Gasteiger partial charge in [-0.25, -0.2) is 0 Å². The Morgan fingerprint density at radius 2 is 0.619 bits per heavy atom. The van der Waals surface area contributed by atoms with Crippen molar-refractivity contribution in [2.75, 3.05) is 0 Å². The summed E-state index contributed by atoms with van der Waals surface area (Å²) >= 11 is 0. The third-order valence-electron chi connectivity index (χ3n) is 16.6. The normalized spacial score (nSPS) is 10.7. The Bertz CT molecular complexity index is 5560. The van der Waals surface area contributed by atoms with Crippen molar-refractivity contribution in [2.24, 2.45) is 0 Å². The first-order valence-corrected chi connectivity index (χ1v) is 32.6. The highest BCUT2D eigenvalue weighted by atomic mass is 16.3. The van der Waals surface area contributed by atoms with Gasteiger partial charge in [-0.3, -0.25) is 24.9 Å². The Labute approximate surface area is 565 Å². The van der Waals surface area contributed by atoms with Crippen molar-refractivity contribution in [1.29, 1.82) is 0 Å². The van der Waals surface area contributed by atoms with E-state index in [2.05, 4.69) is 250 Å². The van der Waals surface area contributed by atoms with Crippen molar-refractivity contribution >= 4 is 120 Å². The number of nitrogens with zero attached hydrogens (tertiary/aromatic N) is 5. The fourth-order valence-electron chi connectivity index (χ4n) is 11.6. The molecule has 11 aromatic carbocycles. The van der Waals surface area contributed by atoms with E-state index < -0.39 is 0 Å². The van der Waals surface area contributed by atoms with Gasteiger partial charge in [-0.2, -0.15) is 0 Å². The molecule has 0 radical (unpaired) electrons. The first kappa shape index (κ1) is 65.0. The van der Waals surface area contributed by atoms with Gasteiger partial charge in [-0.15, -0.1) is 0 Å². The van der Waals surface area contributed by atoms with Crippen LogP contribution in [0.2, 0.25) is 0 Å². The second-order valence-corrected chi connectivity index (χ2v) is 24.1. The van der Waals surface area contributed by atoms with Gasteiger partial charge in [0.1, 0.15) is 33.5 Å². The van der Waals surface area contributed by atoms with Crippen LogP contribution in [0.1, 0.15) is 44.5 Å². The number of para-hydroxylation sites is 5. The molecule has 8 heteroatoms. The summed E-state index contributed by atoms with van der Waals surface area (Å²) in [5.41, 5.74) is 21.3. The third-order valence-corrected chi connectivity index (χ3v) is 16.6. The lowest BCUT2D eigenvalue weighted by Crippen LogP contribution is -1.80. The van der Waals surface area contributed by atoms with E-state index in [1.54, 1.807) is 0 Å². The number of aromatic nitrogens is 5. The molecule has 0 atom stereocenters. The van der Waals surface area contributed by atoms with E-state index >= 15 is 0 Å². The molecule has 97 heavy (non-hydrogen) atoms. The molecule has 0 N–H and O–H groups in total. The van der Waals surface area contributed by atoms with E-state index in [0.717, 1.165) is 61.1 Å². The second kappa shape index (κ2) is 30.7. The summed E-state index contributed by atoms with van der Waals surface area (Å²) in [5, 5.41) is 13.3. The molecule has 0 fully saturated rings. The molecule has 0 aliphatic carbocycles. The zero-order valence-electron chi connectivity index (χ0n) is 55.9. The number of pyridine rings is 5. The monoisotopic (exact) mass is 1260 g/mol. The Kier molecular flexibility index (Phi) is 20.6. The van der Waals surface area contributed by atoms with Crippen LogP contribution in [0.25, 0.3) is 120 Å². The maximum atomic E-state index is 5.78. The molecule has 8 aromatic heterocycles. The molecule has 19 aromatic rings. The highest BCUT2D eigenvalue weighted by Gasteiger charge is 2.09. The molecule has 0 amide bonds. The van der Waals surface area contributed by atoms with Crippen molar-refractivity contribution in [3.05, 3.63) is 355 Å². The van der Waals surface area contributed by atoms with Gasteiger partial charge in [0.15, 0.2) is 0 Å². The smallest absolute Gasteiger partial charge is 0.138 e. The van der Waals surface area contributed by atoms with Gasteiger partial charge in [0.05, 0.1) is 27.6 Å². The number of rotatable bonds is 0. The minimum atomic E-state index is 0.966. The summed E-state index contributed by atoms with van der Waals surface area (Å²) in [4.78, 5) is 21.2. The zero-order valence-corrected chi connectivity index (χ0v) is 55.9. The van der Waals surface area contributed by atoms with Crippen LogP contribution in [0, 0.1) is 55.4 Å². The molecule has 8 heterocycles. The standard InChI is InChI=1S/3C13H10O.5C10H9N/c1-9-5-4-7-11-10-6-2-3-8-12(10)14-13(9)11;1-9-6-7-13-11(8-9)10-4-2-3-5-12(10)14-13;1-9-6-7-11-10-4-2-3-5-12(10)14-13(11)8-9;1-8-4-2-6-10-9(8)5-3-7-11-10;1-8-4-2-5-9-6-3-7-11-10(8)9;1-8-4-5-10-9(7-8)3-2-6-11-10;2*1-8-4-5-9-3-2-6-11-10(9)7-8/h3*2-8H,1H3;5*2-7H,1H3. The van der Waals surface area contributed by atoms with Gasteiger partial charge >= 0.3 is 0 Å². The largest absolute Gasteiger partial charge is 0.456 e. The number of hydrogen-bond donors (Lipinski definition) is 0. The Balaban J connectivity index is 0.000000106. The van der Waals surface area contributed by atoms with Gasteiger partial charge in [0.2, 0.25) is 0 Å². The molecule has 0 saturated heterocycles. The van der Waals surface area contributed by atoms with Crippen LogP contribution in [0.3, 0.4) is 0 Å². The number of benzene rings is 11. The number of fused-ring (bicyclic) bond motifs is 14. The number of hydrogen-bond acceptors (Lipinski definition) is 8. The Hall–Kier alpha value is -12.1. The topological polar surface area (TPSA) is 104 Å². The lowest BCUT2D eigenvalue weighted by Gasteiger charge is -1.97. The van der Waals surface area contributed by atoms with Crippen LogP contribution >= 0.6 is 0 Å². The van der Waals surface area contributed by atoms with E-state index in [1.165, 1.54) is 104 Å². The van der Waals surface area contributed by atoms with Gasteiger partial charge in [-0.1, -0.05) is 193 Å². The molecule has 8 nitrogen and oxygen atoms in total. The van der Waals surface area contributed by atoms with E-state index in [0.29, 0.717) is 0 Å². The second-order valence-electron chi connectivity index (χ2n) is 24.1. The highest BCUT2D eigenvalue weighted by molar-refractivity contribution is 6.07. The summed E-state index contributed by atoms with van der Waals surface area (Å²) in [6, 6.07) is 94.7. The summed E-state index contributed by atoms with van der Waals surface area (Å²) in [5.74, 6) is 0. The maximum absolute atomic E-state index is 5.78. The van der Waals surface area contributed by atoms with Crippen LogP contribution in [0.4, 0.5) is 0 Å². The molecule has 0 aliphatic heterocycles. The SMILES string of the molecule is Cc1ccc2c(c1)oc1ccccc12.Cc1ccc2cccnc2c1.Cc1ccc2cccnc2c1.Cc1ccc2ncccc2c1.Cc1ccc2oc3ccccc3c2c1.Cc1cccc2c1oc1ccccc12.Cc1cccc2cccnc12.Cc1cccc2ncccc12. The van der Waals surface area contributed by atoms with Crippen molar-refractivity contribution in [3.63, 3.8) is 0 Å². The molecular weight excluding hydrogens is 1190 g/mol. The molecule has 474 valence electrons. The van der Waals surface area contributed by atoms with Crippen LogP contribution in [-0.2, 0) is 0 Å². The van der Waals surface area contributed by atoms with Gasteiger partial charge in [0.25, 0.3) is 0 Å². The Morgan fingerprint density at radius 1 is 0.206 bits per heavy atom. The van der Waals surface area contributed by atoms with Crippen molar-refractivity contribution in [1.82, 2.24) is 24.9 Å². The quantitative estimate of drug-likeness (QED) is 0.148. The molecule has 0 bridgehead atoms. The molecule has 0 unspecified atom stereocenters. The predicted molar refractivity (Wildman–Crippen MR) is 408 cm³/mol. The summed E-state index contributed by atoms with van der Waals surface area (Å²) in [7, 11) is 0. The summed E-state index contributed by atoms with van der Waals surface area (Å²) in [6.07, 6.45) is 9.11. The van der Waals surface area contributed by atoms with Crippen molar-refractivity contribution in [2.45, 2.75) is 55.4 Å². The predicted octanol–water partition coefficient (Wildman–Crippen LogP) is 24.4. The lowest BCUT2D eigenvalue weighted by molar-refractivity contribution is 0.665. The fraction of sp³-hybridized carbons (Fsp3) is 0.0899. The number of aryl methyl sites for hydroxylation is 8.